The van der Waals surface area contributed by atoms with Crippen molar-refractivity contribution >= 4 is 17.9 Å². The molecule has 0 unspecified atom stereocenters. The molecule has 0 bridgehead atoms. The number of rotatable bonds is 4. The summed E-state index contributed by atoms with van der Waals surface area (Å²) in [5.74, 6) is -3.38. The highest BCUT2D eigenvalue weighted by atomic mass is 16.4. The molecule has 0 aliphatic heterocycles. The molecule has 6 heteroatoms. The van der Waals surface area contributed by atoms with E-state index in [2.05, 4.69) is 13.2 Å². The molecule has 0 fully saturated rings. The highest BCUT2D eigenvalue weighted by Crippen LogP contribution is 1.95. The molecule has 0 heterocycles. The molecule has 0 spiro atoms. The lowest BCUT2D eigenvalue weighted by molar-refractivity contribution is -0.139. The van der Waals surface area contributed by atoms with E-state index in [9.17, 15) is 14.4 Å². The van der Waals surface area contributed by atoms with Gasteiger partial charge in [0.05, 0.1) is 6.42 Å². The van der Waals surface area contributed by atoms with Gasteiger partial charge in [0.15, 0.2) is 0 Å². The van der Waals surface area contributed by atoms with Crippen LogP contribution in [0.15, 0.2) is 24.3 Å². The van der Waals surface area contributed by atoms with E-state index in [0.29, 0.717) is 0 Å². The van der Waals surface area contributed by atoms with Gasteiger partial charge in [-0.15, -0.1) is 0 Å². The van der Waals surface area contributed by atoms with Crippen molar-refractivity contribution in [1.82, 2.24) is 0 Å². The van der Waals surface area contributed by atoms with Crippen LogP contribution in [-0.2, 0) is 14.4 Å². The van der Waals surface area contributed by atoms with Crippen molar-refractivity contribution in [3.8, 4) is 0 Å². The van der Waals surface area contributed by atoms with Gasteiger partial charge in [0.2, 0.25) is 0 Å². The monoisotopic (exact) mass is 216 g/mol. The third-order valence-corrected chi connectivity index (χ3v) is 1.03. The summed E-state index contributed by atoms with van der Waals surface area (Å²) >= 11 is 0. The van der Waals surface area contributed by atoms with Crippen LogP contribution in [0.2, 0.25) is 0 Å². The molecule has 0 atom stereocenters. The maximum atomic E-state index is 9.87. The maximum absolute atomic E-state index is 9.87. The summed E-state index contributed by atoms with van der Waals surface area (Å²) in [5, 5.41) is 24.0. The lowest BCUT2D eigenvalue weighted by Crippen LogP contribution is -2.04. The maximum Gasteiger partial charge on any atom is 0.331 e. The Morgan fingerprint density at radius 2 is 1.33 bits per heavy atom. The quantitative estimate of drug-likeness (QED) is 0.598. The fourth-order valence-corrected chi connectivity index (χ4v) is 0.258. The van der Waals surface area contributed by atoms with Crippen molar-refractivity contribution in [2.75, 3.05) is 0 Å². The minimum Gasteiger partial charge on any atom is -0.481 e. The average molecular weight is 216 g/mol. The molecule has 0 aromatic rings. The van der Waals surface area contributed by atoms with Crippen LogP contribution in [-0.4, -0.2) is 33.2 Å². The summed E-state index contributed by atoms with van der Waals surface area (Å²) in [6.45, 7) is 7.62. The van der Waals surface area contributed by atoms with E-state index in [-0.39, 0.29) is 11.1 Å². The summed E-state index contributed by atoms with van der Waals surface area (Å²) in [7, 11) is 0. The Labute approximate surface area is 86.2 Å². The predicted molar refractivity (Wildman–Crippen MR) is 51.5 cm³/mol. The number of carbonyl (C=O) groups is 3. The fraction of sp³-hybridized carbons (Fsp3) is 0.222. The van der Waals surface area contributed by atoms with Crippen molar-refractivity contribution in [3.05, 3.63) is 24.3 Å². The molecule has 0 rings (SSSR count). The molecule has 6 nitrogen and oxygen atoms in total. The van der Waals surface area contributed by atoms with E-state index in [0.717, 1.165) is 0 Å². The van der Waals surface area contributed by atoms with Crippen LogP contribution in [0.3, 0.4) is 0 Å². The molecule has 0 radical (unpaired) electrons. The first kappa shape index (κ1) is 15.4. The van der Waals surface area contributed by atoms with Gasteiger partial charge >= 0.3 is 17.9 Å². The van der Waals surface area contributed by atoms with Gasteiger partial charge in [-0.3, -0.25) is 4.79 Å². The van der Waals surface area contributed by atoms with Crippen LogP contribution in [0.1, 0.15) is 13.3 Å². The normalized spacial score (nSPS) is 8.07. The van der Waals surface area contributed by atoms with Crippen molar-refractivity contribution in [1.29, 1.82) is 0 Å². The van der Waals surface area contributed by atoms with E-state index < -0.39 is 24.3 Å². The van der Waals surface area contributed by atoms with Gasteiger partial charge in [-0.05, 0) is 6.92 Å². The van der Waals surface area contributed by atoms with Crippen LogP contribution in [0.25, 0.3) is 0 Å². The predicted octanol–water partition coefficient (Wildman–Crippen LogP) is 0.749. The Kier molecular flexibility index (Phi) is 7.49. The van der Waals surface area contributed by atoms with Gasteiger partial charge in [0.25, 0.3) is 0 Å². The standard InChI is InChI=1S/C5H6O4.C4H6O2/c1-3(5(8)9)2-4(6)7;1-3(2)4(5)6/h1-2H2,(H,6,7)(H,8,9);1H2,2H3,(H,5,6). The molecule has 15 heavy (non-hydrogen) atoms. The highest BCUT2D eigenvalue weighted by molar-refractivity contribution is 5.91. The zero-order valence-electron chi connectivity index (χ0n) is 8.19. The summed E-state index contributed by atoms with van der Waals surface area (Å²) in [6.07, 6.45) is -0.505. The first-order valence-corrected chi connectivity index (χ1v) is 3.70. The minimum absolute atomic E-state index is 0.176. The van der Waals surface area contributed by atoms with Gasteiger partial charge in [0, 0.05) is 11.1 Å². The number of carboxylic acids is 3. The molecular weight excluding hydrogens is 204 g/mol. The van der Waals surface area contributed by atoms with Crippen LogP contribution in [0.4, 0.5) is 0 Å². The second-order valence-electron chi connectivity index (χ2n) is 2.56. The Balaban J connectivity index is 0. The van der Waals surface area contributed by atoms with Crippen molar-refractivity contribution in [2.24, 2.45) is 0 Å². The molecule has 3 N–H and O–H groups in total. The second-order valence-corrected chi connectivity index (χ2v) is 2.56. The number of aliphatic carboxylic acids is 3. The summed E-state index contributed by atoms with van der Waals surface area (Å²) < 4.78 is 0. The van der Waals surface area contributed by atoms with E-state index in [1.807, 2.05) is 0 Å². The third-order valence-electron chi connectivity index (χ3n) is 1.03. The summed E-state index contributed by atoms with van der Waals surface area (Å²) in [4.78, 5) is 29.3. The number of carboxylic acid groups (broad SMARTS) is 3. The Morgan fingerprint density at radius 1 is 1.00 bits per heavy atom. The topological polar surface area (TPSA) is 112 Å². The van der Waals surface area contributed by atoms with Gasteiger partial charge in [-0.1, -0.05) is 13.2 Å². The van der Waals surface area contributed by atoms with Gasteiger partial charge in [0.1, 0.15) is 0 Å². The smallest absolute Gasteiger partial charge is 0.331 e. The molecule has 0 aromatic carbocycles. The molecule has 0 amide bonds. The lowest BCUT2D eigenvalue weighted by Gasteiger charge is -1.91. The van der Waals surface area contributed by atoms with Crippen molar-refractivity contribution in [2.45, 2.75) is 13.3 Å². The SMILES string of the molecule is C=C(C)C(=O)O.C=C(CC(=O)O)C(=O)O. The van der Waals surface area contributed by atoms with Gasteiger partial charge in [-0.25, -0.2) is 9.59 Å². The Morgan fingerprint density at radius 3 is 1.40 bits per heavy atom. The summed E-state index contributed by atoms with van der Waals surface area (Å²) in [6, 6.07) is 0. The van der Waals surface area contributed by atoms with E-state index in [1.54, 1.807) is 0 Å². The summed E-state index contributed by atoms with van der Waals surface area (Å²) in [5.41, 5.74) is -0.127. The average Bonchev–Trinajstić information content (AvgIpc) is 2.03. The first-order valence-electron chi connectivity index (χ1n) is 3.70. The number of hydrogen-bond acceptors (Lipinski definition) is 3. The first-order chi connectivity index (χ1) is 6.68. The Hall–Kier alpha value is -2.11. The van der Waals surface area contributed by atoms with Gasteiger partial charge in [-0.2, -0.15) is 0 Å². The zero-order chi connectivity index (χ0) is 12.6. The molecule has 84 valence electrons. The lowest BCUT2D eigenvalue weighted by atomic mass is 10.2. The zero-order valence-corrected chi connectivity index (χ0v) is 8.19. The fourth-order valence-electron chi connectivity index (χ4n) is 0.258. The van der Waals surface area contributed by atoms with Gasteiger partial charge < -0.3 is 15.3 Å². The molecule has 0 aliphatic rings. The molecular formula is C9H12O6. The number of hydrogen-bond donors (Lipinski definition) is 3. The van der Waals surface area contributed by atoms with Crippen molar-refractivity contribution in [3.63, 3.8) is 0 Å². The molecule has 0 aliphatic carbocycles. The largest absolute Gasteiger partial charge is 0.481 e. The van der Waals surface area contributed by atoms with Crippen LogP contribution >= 0.6 is 0 Å². The van der Waals surface area contributed by atoms with E-state index in [4.69, 9.17) is 15.3 Å². The van der Waals surface area contributed by atoms with E-state index >= 15 is 0 Å². The minimum atomic E-state index is -1.27. The van der Waals surface area contributed by atoms with Crippen LogP contribution < -0.4 is 0 Å². The van der Waals surface area contributed by atoms with Crippen LogP contribution in [0.5, 0.6) is 0 Å². The van der Waals surface area contributed by atoms with E-state index in [1.165, 1.54) is 6.92 Å². The van der Waals surface area contributed by atoms with Crippen molar-refractivity contribution < 1.29 is 29.7 Å². The highest BCUT2D eigenvalue weighted by Gasteiger charge is 2.07. The molecule has 0 saturated carbocycles. The second kappa shape index (κ2) is 7.31. The Bertz CT molecular complexity index is 290. The van der Waals surface area contributed by atoms with Crippen LogP contribution in [0, 0.1) is 0 Å². The third kappa shape index (κ3) is 11.9. The molecule has 0 aromatic heterocycles. The molecule has 0 saturated heterocycles.